The molecule has 0 spiro atoms. The summed E-state index contributed by atoms with van der Waals surface area (Å²) >= 11 is 1.00. The Hall–Kier alpha value is -1.31. The minimum absolute atomic E-state index is 0.0587. The number of aliphatic hydroxyl groups is 2. The first-order chi connectivity index (χ1) is 6.56. The van der Waals surface area contributed by atoms with Crippen molar-refractivity contribution in [3.05, 3.63) is 16.1 Å². The number of nitrogens with zero attached hydrogens (tertiary/aromatic N) is 1. The summed E-state index contributed by atoms with van der Waals surface area (Å²) in [4.78, 5) is 24.4. The number of carbonyl (C=O) groups is 2. The van der Waals surface area contributed by atoms with Crippen LogP contribution in [0.2, 0.25) is 0 Å². The molecule has 6 nitrogen and oxygen atoms in total. The molecule has 0 aliphatic rings. The van der Waals surface area contributed by atoms with Gasteiger partial charge < -0.3 is 15.9 Å². The summed E-state index contributed by atoms with van der Waals surface area (Å²) in [6, 6.07) is 0. The highest BCUT2D eigenvalue weighted by atomic mass is 32.1. The Morgan fingerprint density at radius 2 is 2.29 bits per heavy atom. The monoisotopic (exact) mass is 216 g/mol. The predicted molar refractivity (Wildman–Crippen MR) is 47.7 cm³/mol. The van der Waals surface area contributed by atoms with Gasteiger partial charge in [0, 0.05) is 5.38 Å². The van der Waals surface area contributed by atoms with Crippen molar-refractivity contribution >= 4 is 23.5 Å². The third-order valence-corrected chi connectivity index (χ3v) is 2.32. The Balaban J connectivity index is 2.83. The third-order valence-electron chi connectivity index (χ3n) is 1.53. The lowest BCUT2D eigenvalue weighted by atomic mass is 10.1. The molecule has 1 aromatic heterocycles. The van der Waals surface area contributed by atoms with Crippen LogP contribution in [0, 0.1) is 0 Å². The van der Waals surface area contributed by atoms with Gasteiger partial charge >= 0.3 is 0 Å². The maximum Gasteiger partial charge on any atom is 0.249 e. The highest BCUT2D eigenvalue weighted by Crippen LogP contribution is 2.18. The first-order valence-corrected chi connectivity index (χ1v) is 4.50. The molecule has 0 fully saturated rings. The topological polar surface area (TPSA) is 114 Å². The van der Waals surface area contributed by atoms with Crippen LogP contribution in [-0.4, -0.2) is 33.5 Å². The van der Waals surface area contributed by atoms with Crippen molar-refractivity contribution in [1.82, 2.24) is 4.98 Å². The number of aliphatic hydroxyl groups excluding tert-OH is 2. The van der Waals surface area contributed by atoms with Crippen LogP contribution in [0.4, 0.5) is 0 Å². The lowest BCUT2D eigenvalue weighted by Gasteiger charge is -2.11. The number of aldehydes is 1. The van der Waals surface area contributed by atoms with Gasteiger partial charge in [0.2, 0.25) is 5.91 Å². The summed E-state index contributed by atoms with van der Waals surface area (Å²) in [7, 11) is 0. The molecule has 2 atom stereocenters. The number of nitrogens with two attached hydrogens (primary N) is 1. The Labute approximate surface area is 83.0 Å². The van der Waals surface area contributed by atoms with Gasteiger partial charge in [-0.2, -0.15) is 0 Å². The molecule has 1 amide bonds. The maximum absolute atomic E-state index is 10.5. The molecule has 14 heavy (non-hydrogen) atoms. The molecule has 0 aromatic carbocycles. The van der Waals surface area contributed by atoms with Crippen LogP contribution in [0.3, 0.4) is 0 Å². The van der Waals surface area contributed by atoms with Gasteiger partial charge in [0.15, 0.2) is 17.4 Å². The number of carbonyl (C=O) groups excluding carboxylic acids is 2. The molecule has 0 saturated carbocycles. The van der Waals surface area contributed by atoms with Crippen molar-refractivity contribution in [2.75, 3.05) is 0 Å². The molecule has 1 aromatic rings. The van der Waals surface area contributed by atoms with E-state index in [9.17, 15) is 14.7 Å². The summed E-state index contributed by atoms with van der Waals surface area (Å²) < 4.78 is 0. The van der Waals surface area contributed by atoms with Crippen LogP contribution in [0.1, 0.15) is 21.6 Å². The number of aromatic nitrogens is 1. The zero-order valence-corrected chi connectivity index (χ0v) is 7.77. The number of thiazole rings is 1. The van der Waals surface area contributed by atoms with Crippen molar-refractivity contribution < 1.29 is 19.8 Å². The van der Waals surface area contributed by atoms with E-state index < -0.39 is 18.1 Å². The van der Waals surface area contributed by atoms with Gasteiger partial charge in [0.25, 0.3) is 0 Å². The molecular formula is C7H8N2O4S. The average Bonchev–Trinajstić information content (AvgIpc) is 2.63. The Morgan fingerprint density at radius 1 is 1.64 bits per heavy atom. The average molecular weight is 216 g/mol. The molecule has 4 N–H and O–H groups in total. The van der Waals surface area contributed by atoms with E-state index in [2.05, 4.69) is 4.98 Å². The van der Waals surface area contributed by atoms with Crippen molar-refractivity contribution in [2.24, 2.45) is 5.73 Å². The fraction of sp³-hybridized carbons (Fsp3) is 0.286. The molecule has 0 aliphatic carbocycles. The zero-order valence-electron chi connectivity index (χ0n) is 6.95. The van der Waals surface area contributed by atoms with Crippen molar-refractivity contribution in [3.8, 4) is 0 Å². The van der Waals surface area contributed by atoms with E-state index in [0.717, 1.165) is 11.3 Å². The molecular weight excluding hydrogens is 208 g/mol. The van der Waals surface area contributed by atoms with Gasteiger partial charge in [0.05, 0.1) is 5.69 Å². The summed E-state index contributed by atoms with van der Waals surface area (Å²) in [5.74, 6) is -1.04. The van der Waals surface area contributed by atoms with Gasteiger partial charge in [-0.3, -0.25) is 9.59 Å². The minimum atomic E-state index is -1.71. The number of rotatable bonds is 4. The zero-order chi connectivity index (χ0) is 10.7. The number of primary amides is 1. The summed E-state index contributed by atoms with van der Waals surface area (Å²) in [6.07, 6.45) is -2.69. The highest BCUT2D eigenvalue weighted by Gasteiger charge is 2.25. The quantitative estimate of drug-likeness (QED) is 0.549. The molecule has 1 rings (SSSR count). The van der Waals surface area contributed by atoms with E-state index in [4.69, 9.17) is 10.8 Å². The normalized spacial score (nSPS) is 14.7. The van der Waals surface area contributed by atoms with Crippen LogP contribution in [0.15, 0.2) is 5.38 Å². The summed E-state index contributed by atoms with van der Waals surface area (Å²) in [5, 5.41) is 20.0. The third kappa shape index (κ3) is 2.13. The van der Waals surface area contributed by atoms with Crippen molar-refractivity contribution in [2.45, 2.75) is 12.2 Å². The van der Waals surface area contributed by atoms with Gasteiger partial charge in [-0.15, -0.1) is 11.3 Å². The Morgan fingerprint density at radius 3 is 2.71 bits per heavy atom. The van der Waals surface area contributed by atoms with E-state index in [1.54, 1.807) is 0 Å². The van der Waals surface area contributed by atoms with Gasteiger partial charge in [-0.05, 0) is 0 Å². The molecule has 2 unspecified atom stereocenters. The summed E-state index contributed by atoms with van der Waals surface area (Å²) in [5.41, 5.74) is 4.83. The minimum Gasteiger partial charge on any atom is -0.383 e. The fourth-order valence-electron chi connectivity index (χ4n) is 0.808. The molecule has 0 radical (unpaired) electrons. The Kier molecular flexibility index (Phi) is 3.28. The van der Waals surface area contributed by atoms with Crippen LogP contribution >= 0.6 is 11.3 Å². The second-order valence-corrected chi connectivity index (χ2v) is 3.41. The van der Waals surface area contributed by atoms with Crippen LogP contribution in [0.25, 0.3) is 0 Å². The first-order valence-electron chi connectivity index (χ1n) is 3.62. The smallest absolute Gasteiger partial charge is 0.249 e. The second-order valence-electron chi connectivity index (χ2n) is 2.52. The molecule has 1 heterocycles. The molecule has 7 heteroatoms. The van der Waals surface area contributed by atoms with E-state index in [1.165, 1.54) is 5.38 Å². The van der Waals surface area contributed by atoms with Crippen LogP contribution < -0.4 is 5.73 Å². The first kappa shape index (κ1) is 10.8. The van der Waals surface area contributed by atoms with Gasteiger partial charge in [-0.25, -0.2) is 4.98 Å². The summed E-state index contributed by atoms with van der Waals surface area (Å²) in [6.45, 7) is 0. The molecule has 76 valence electrons. The Bertz CT molecular complexity index is 351. The predicted octanol–water partition coefficient (Wildman–Crippen LogP) is -1.16. The van der Waals surface area contributed by atoms with Gasteiger partial charge in [0.1, 0.15) is 6.10 Å². The number of amides is 1. The maximum atomic E-state index is 10.5. The fourth-order valence-corrected chi connectivity index (χ4v) is 1.46. The van der Waals surface area contributed by atoms with Crippen molar-refractivity contribution in [1.29, 1.82) is 0 Å². The van der Waals surface area contributed by atoms with Crippen LogP contribution in [0.5, 0.6) is 0 Å². The van der Waals surface area contributed by atoms with Crippen LogP contribution in [-0.2, 0) is 4.79 Å². The second kappa shape index (κ2) is 4.27. The molecule has 0 bridgehead atoms. The van der Waals surface area contributed by atoms with E-state index >= 15 is 0 Å². The SMILES string of the molecule is NC(=O)C(O)C(O)c1csc(C=O)n1. The largest absolute Gasteiger partial charge is 0.383 e. The lowest BCUT2D eigenvalue weighted by molar-refractivity contribution is -0.132. The van der Waals surface area contributed by atoms with Crippen molar-refractivity contribution in [3.63, 3.8) is 0 Å². The number of hydrogen-bond acceptors (Lipinski definition) is 6. The highest BCUT2D eigenvalue weighted by molar-refractivity contribution is 7.11. The van der Waals surface area contributed by atoms with Gasteiger partial charge in [-0.1, -0.05) is 0 Å². The van der Waals surface area contributed by atoms with E-state index in [-0.39, 0.29) is 10.7 Å². The molecule has 0 aliphatic heterocycles. The van der Waals surface area contributed by atoms with E-state index in [1.807, 2.05) is 0 Å². The standard InChI is InChI=1S/C7H8N2O4S/c8-7(13)6(12)5(11)3-2-14-4(1-10)9-3/h1-2,5-6,11-12H,(H2,8,13). The van der Waals surface area contributed by atoms with E-state index in [0.29, 0.717) is 6.29 Å². The molecule has 0 saturated heterocycles. The number of hydrogen-bond donors (Lipinski definition) is 3. The lowest BCUT2D eigenvalue weighted by Crippen LogP contribution is -2.34.